The van der Waals surface area contributed by atoms with Crippen molar-refractivity contribution in [1.29, 1.82) is 0 Å². The fourth-order valence-electron chi connectivity index (χ4n) is 2.79. The smallest absolute Gasteiger partial charge is 0.270 e. The number of amides is 1. The number of para-hydroxylation sites is 1. The van der Waals surface area contributed by atoms with Crippen LogP contribution in [0.15, 0.2) is 79.0 Å². The van der Waals surface area contributed by atoms with Gasteiger partial charge in [-0.3, -0.25) is 4.79 Å². The quantitative estimate of drug-likeness (QED) is 0.649. The Balaban J connectivity index is 1.85. The number of hydrogen-bond acceptors (Lipinski definition) is 3. The molecule has 0 bridgehead atoms. The Kier molecular flexibility index (Phi) is 6.21. The number of benzene rings is 2. The molecule has 1 heterocycles. The van der Waals surface area contributed by atoms with E-state index in [1.165, 1.54) is 5.56 Å². The number of anilines is 2. The van der Waals surface area contributed by atoms with Gasteiger partial charge in [0.2, 0.25) is 0 Å². The number of rotatable bonds is 7. The van der Waals surface area contributed by atoms with Crippen molar-refractivity contribution in [3.05, 3.63) is 90.3 Å². The molecule has 1 atom stereocenters. The summed E-state index contributed by atoms with van der Waals surface area (Å²) < 4.78 is 0. The molecule has 4 nitrogen and oxygen atoms in total. The van der Waals surface area contributed by atoms with Gasteiger partial charge in [0.05, 0.1) is 11.9 Å². The van der Waals surface area contributed by atoms with E-state index >= 15 is 0 Å². The lowest BCUT2D eigenvalue weighted by Crippen LogP contribution is -2.32. The Bertz CT molecular complexity index is 848. The molecule has 1 unspecified atom stereocenters. The van der Waals surface area contributed by atoms with Gasteiger partial charge in [0.25, 0.3) is 5.91 Å². The molecule has 0 aliphatic heterocycles. The van der Waals surface area contributed by atoms with E-state index in [1.807, 2.05) is 56.3 Å². The van der Waals surface area contributed by atoms with Crippen LogP contribution in [0, 0.1) is 0 Å². The van der Waals surface area contributed by atoms with Gasteiger partial charge >= 0.3 is 0 Å². The number of aromatic nitrogens is 1. The van der Waals surface area contributed by atoms with Crippen LogP contribution >= 0.6 is 0 Å². The van der Waals surface area contributed by atoms with E-state index in [4.69, 9.17) is 0 Å². The molecular formula is C23H25N3O. The molecule has 0 saturated carbocycles. The van der Waals surface area contributed by atoms with Crippen LogP contribution in [0.4, 0.5) is 11.4 Å². The number of pyridine rings is 1. The maximum Gasteiger partial charge on any atom is 0.270 e. The molecule has 0 radical (unpaired) electrons. The minimum Gasteiger partial charge on any atom is -0.348 e. The predicted molar refractivity (Wildman–Crippen MR) is 110 cm³/mol. The summed E-state index contributed by atoms with van der Waals surface area (Å²) in [5, 5.41) is 2.95. The summed E-state index contributed by atoms with van der Waals surface area (Å²) in [5.74, 6) is -0.134. The van der Waals surface area contributed by atoms with Crippen LogP contribution in [0.3, 0.4) is 0 Å². The zero-order chi connectivity index (χ0) is 19.1. The molecule has 0 saturated heterocycles. The van der Waals surface area contributed by atoms with Crippen molar-refractivity contribution >= 4 is 17.3 Å². The predicted octanol–water partition coefficient (Wildman–Crippen LogP) is 4.95. The monoisotopic (exact) mass is 359 g/mol. The van der Waals surface area contributed by atoms with Gasteiger partial charge in [0.1, 0.15) is 5.69 Å². The first-order valence-electron chi connectivity index (χ1n) is 9.31. The third kappa shape index (κ3) is 4.94. The van der Waals surface area contributed by atoms with Gasteiger partial charge in [0.15, 0.2) is 0 Å². The zero-order valence-electron chi connectivity index (χ0n) is 15.8. The van der Waals surface area contributed by atoms with Gasteiger partial charge in [0, 0.05) is 18.3 Å². The first-order valence-corrected chi connectivity index (χ1v) is 9.31. The van der Waals surface area contributed by atoms with Crippen LogP contribution in [-0.4, -0.2) is 16.9 Å². The Labute approximate surface area is 160 Å². The highest BCUT2D eigenvalue weighted by atomic mass is 16.1. The Morgan fingerprint density at radius 2 is 1.63 bits per heavy atom. The zero-order valence-corrected chi connectivity index (χ0v) is 15.8. The van der Waals surface area contributed by atoms with Gasteiger partial charge < -0.3 is 10.2 Å². The van der Waals surface area contributed by atoms with Crippen LogP contribution in [-0.2, 0) is 6.54 Å². The van der Waals surface area contributed by atoms with E-state index in [0.717, 1.165) is 24.3 Å². The van der Waals surface area contributed by atoms with Gasteiger partial charge in [-0.1, -0.05) is 55.5 Å². The standard InChI is InChI=1S/C23H25N3O/c1-3-18(2)25-23(27)22-15-14-21(16-24-22)26(20-12-8-5-9-13-20)17-19-10-6-4-7-11-19/h4-16,18H,3,17H2,1-2H3,(H,25,27). The number of nitrogens with one attached hydrogen (secondary N) is 1. The Hall–Kier alpha value is -3.14. The first-order chi connectivity index (χ1) is 13.2. The minimum absolute atomic E-state index is 0.134. The van der Waals surface area contributed by atoms with E-state index in [2.05, 4.69) is 39.5 Å². The summed E-state index contributed by atoms with van der Waals surface area (Å²) in [5.41, 5.74) is 3.68. The van der Waals surface area contributed by atoms with E-state index in [-0.39, 0.29) is 11.9 Å². The molecule has 27 heavy (non-hydrogen) atoms. The molecule has 4 heteroatoms. The van der Waals surface area contributed by atoms with E-state index in [1.54, 1.807) is 12.3 Å². The van der Waals surface area contributed by atoms with Crippen LogP contribution in [0.5, 0.6) is 0 Å². The molecule has 0 aliphatic carbocycles. The van der Waals surface area contributed by atoms with Crippen molar-refractivity contribution in [1.82, 2.24) is 10.3 Å². The number of carbonyl (C=O) groups excluding carboxylic acids is 1. The van der Waals surface area contributed by atoms with Crippen LogP contribution in [0.2, 0.25) is 0 Å². The second-order valence-corrected chi connectivity index (χ2v) is 6.59. The molecule has 138 valence electrons. The first kappa shape index (κ1) is 18.6. The fourth-order valence-corrected chi connectivity index (χ4v) is 2.79. The number of nitrogens with zero attached hydrogens (tertiary/aromatic N) is 2. The lowest BCUT2D eigenvalue weighted by molar-refractivity contribution is 0.0934. The summed E-state index contributed by atoms with van der Waals surface area (Å²) in [4.78, 5) is 18.9. The van der Waals surface area contributed by atoms with Crippen LogP contribution < -0.4 is 10.2 Å². The van der Waals surface area contributed by atoms with Gasteiger partial charge in [-0.2, -0.15) is 0 Å². The topological polar surface area (TPSA) is 45.2 Å². The van der Waals surface area contributed by atoms with Crippen LogP contribution in [0.1, 0.15) is 36.3 Å². The molecule has 2 aromatic carbocycles. The molecule has 3 aromatic rings. The van der Waals surface area contributed by atoms with E-state index in [9.17, 15) is 4.79 Å². The normalized spacial score (nSPS) is 11.6. The highest BCUT2D eigenvalue weighted by molar-refractivity contribution is 5.92. The lowest BCUT2D eigenvalue weighted by Gasteiger charge is -2.25. The average molecular weight is 359 g/mol. The van der Waals surface area contributed by atoms with E-state index in [0.29, 0.717) is 5.69 Å². The summed E-state index contributed by atoms with van der Waals surface area (Å²) in [6.07, 6.45) is 2.66. The molecule has 1 N–H and O–H groups in total. The number of carbonyl (C=O) groups is 1. The summed E-state index contributed by atoms with van der Waals surface area (Å²) >= 11 is 0. The van der Waals surface area contributed by atoms with Crippen molar-refractivity contribution in [2.45, 2.75) is 32.9 Å². The molecule has 0 spiro atoms. The molecule has 1 amide bonds. The highest BCUT2D eigenvalue weighted by Crippen LogP contribution is 2.27. The molecular weight excluding hydrogens is 334 g/mol. The van der Waals surface area contributed by atoms with Gasteiger partial charge in [-0.25, -0.2) is 4.98 Å². The van der Waals surface area contributed by atoms with Gasteiger partial charge in [-0.15, -0.1) is 0 Å². The second-order valence-electron chi connectivity index (χ2n) is 6.59. The summed E-state index contributed by atoms with van der Waals surface area (Å²) in [6, 6.07) is 24.4. The largest absolute Gasteiger partial charge is 0.348 e. The second kappa shape index (κ2) is 8.99. The maximum absolute atomic E-state index is 12.3. The van der Waals surface area contributed by atoms with Crippen molar-refractivity contribution in [2.24, 2.45) is 0 Å². The van der Waals surface area contributed by atoms with Crippen molar-refractivity contribution in [3.8, 4) is 0 Å². The summed E-state index contributed by atoms with van der Waals surface area (Å²) in [7, 11) is 0. The molecule has 3 rings (SSSR count). The molecule has 0 fully saturated rings. The van der Waals surface area contributed by atoms with Gasteiger partial charge in [-0.05, 0) is 43.2 Å². The Morgan fingerprint density at radius 1 is 0.963 bits per heavy atom. The fraction of sp³-hybridized carbons (Fsp3) is 0.217. The third-order valence-electron chi connectivity index (χ3n) is 4.53. The SMILES string of the molecule is CCC(C)NC(=O)c1ccc(N(Cc2ccccc2)c2ccccc2)cn1. The highest BCUT2D eigenvalue weighted by Gasteiger charge is 2.13. The molecule has 1 aromatic heterocycles. The number of hydrogen-bond donors (Lipinski definition) is 1. The molecule has 0 aliphatic rings. The van der Waals surface area contributed by atoms with Crippen molar-refractivity contribution in [2.75, 3.05) is 4.90 Å². The van der Waals surface area contributed by atoms with Crippen molar-refractivity contribution in [3.63, 3.8) is 0 Å². The Morgan fingerprint density at radius 3 is 2.22 bits per heavy atom. The van der Waals surface area contributed by atoms with Crippen molar-refractivity contribution < 1.29 is 4.79 Å². The lowest BCUT2D eigenvalue weighted by atomic mass is 10.1. The summed E-state index contributed by atoms with van der Waals surface area (Å²) in [6.45, 7) is 4.76. The minimum atomic E-state index is -0.134. The average Bonchev–Trinajstić information content (AvgIpc) is 2.73. The maximum atomic E-state index is 12.3. The van der Waals surface area contributed by atoms with E-state index < -0.39 is 0 Å². The third-order valence-corrected chi connectivity index (χ3v) is 4.53. The van der Waals surface area contributed by atoms with Crippen LogP contribution in [0.25, 0.3) is 0 Å².